The topological polar surface area (TPSA) is 106 Å². The van der Waals surface area contributed by atoms with Crippen molar-refractivity contribution in [1.82, 2.24) is 14.1 Å². The van der Waals surface area contributed by atoms with Crippen molar-refractivity contribution in [2.75, 3.05) is 5.32 Å². The standard InChI is InChI=1S/C22H18N4O4/c1-13(27)14-8-10-15(11-9-14)23-20(28)17-12-25(2)19-18(17)24-22(30)26(21(19)29)16-6-4-3-5-7-16/h3-12H,1-2H3,(H,23,28)(H,24,30). The number of carbonyl (C=O) groups excluding carboxylic acids is 2. The van der Waals surface area contributed by atoms with E-state index in [1.165, 1.54) is 17.7 Å². The molecule has 0 aliphatic carbocycles. The van der Waals surface area contributed by atoms with E-state index in [1.807, 2.05) is 0 Å². The number of aromatic amines is 1. The van der Waals surface area contributed by atoms with Crippen molar-refractivity contribution in [3.05, 3.63) is 92.8 Å². The molecule has 8 nitrogen and oxygen atoms in total. The van der Waals surface area contributed by atoms with Crippen LogP contribution in [0, 0.1) is 0 Å². The molecule has 1 amide bonds. The lowest BCUT2D eigenvalue weighted by molar-refractivity contribution is 0.101. The summed E-state index contributed by atoms with van der Waals surface area (Å²) in [5.74, 6) is -0.558. The van der Waals surface area contributed by atoms with Gasteiger partial charge >= 0.3 is 5.69 Å². The van der Waals surface area contributed by atoms with Gasteiger partial charge in [-0.05, 0) is 43.3 Å². The fourth-order valence-electron chi connectivity index (χ4n) is 3.34. The quantitative estimate of drug-likeness (QED) is 0.512. The van der Waals surface area contributed by atoms with E-state index in [2.05, 4.69) is 10.3 Å². The van der Waals surface area contributed by atoms with Crippen LogP contribution in [0.5, 0.6) is 0 Å². The first kappa shape index (κ1) is 19.1. The molecule has 0 fully saturated rings. The lowest BCUT2D eigenvalue weighted by Gasteiger charge is -2.06. The molecule has 2 aromatic heterocycles. The second kappa shape index (κ2) is 7.32. The van der Waals surface area contributed by atoms with Gasteiger partial charge in [-0.15, -0.1) is 0 Å². The number of H-pyrrole nitrogens is 1. The third kappa shape index (κ3) is 3.24. The van der Waals surface area contributed by atoms with E-state index in [0.29, 0.717) is 16.9 Å². The minimum absolute atomic E-state index is 0.0748. The zero-order chi connectivity index (χ0) is 21.4. The Hall–Kier alpha value is -4.20. The van der Waals surface area contributed by atoms with E-state index in [0.717, 1.165) is 4.57 Å². The van der Waals surface area contributed by atoms with E-state index in [-0.39, 0.29) is 22.4 Å². The second-order valence-electron chi connectivity index (χ2n) is 6.87. The van der Waals surface area contributed by atoms with Gasteiger partial charge in [0.05, 0.1) is 16.8 Å². The molecule has 0 unspecified atom stereocenters. The Morgan fingerprint density at radius 3 is 2.27 bits per heavy atom. The fraction of sp³-hybridized carbons (Fsp3) is 0.0909. The zero-order valence-electron chi connectivity index (χ0n) is 16.3. The van der Waals surface area contributed by atoms with Gasteiger partial charge in [0.15, 0.2) is 5.78 Å². The highest BCUT2D eigenvalue weighted by Gasteiger charge is 2.20. The van der Waals surface area contributed by atoms with Crippen LogP contribution >= 0.6 is 0 Å². The molecule has 2 aromatic carbocycles. The zero-order valence-corrected chi connectivity index (χ0v) is 16.3. The van der Waals surface area contributed by atoms with Crippen LogP contribution in [0.4, 0.5) is 5.69 Å². The summed E-state index contributed by atoms with van der Waals surface area (Å²) in [4.78, 5) is 52.5. The number of carbonyl (C=O) groups is 2. The highest BCUT2D eigenvalue weighted by atomic mass is 16.2. The van der Waals surface area contributed by atoms with Gasteiger partial charge < -0.3 is 14.9 Å². The second-order valence-corrected chi connectivity index (χ2v) is 6.87. The first-order valence-electron chi connectivity index (χ1n) is 9.19. The van der Waals surface area contributed by atoms with Crippen LogP contribution in [-0.4, -0.2) is 25.8 Å². The van der Waals surface area contributed by atoms with Crippen LogP contribution in [0.25, 0.3) is 16.7 Å². The number of hydrogen-bond donors (Lipinski definition) is 2. The van der Waals surface area contributed by atoms with Gasteiger partial charge in [-0.2, -0.15) is 0 Å². The molecule has 0 saturated heterocycles. The van der Waals surface area contributed by atoms with Gasteiger partial charge in [0.25, 0.3) is 11.5 Å². The molecule has 0 spiro atoms. The molecule has 0 atom stereocenters. The van der Waals surface area contributed by atoms with Crippen LogP contribution in [0.15, 0.2) is 70.4 Å². The molecule has 0 bridgehead atoms. The van der Waals surface area contributed by atoms with Crippen LogP contribution < -0.4 is 16.6 Å². The largest absolute Gasteiger partial charge is 0.344 e. The summed E-state index contributed by atoms with van der Waals surface area (Å²) in [5.41, 5.74) is 0.831. The SMILES string of the molecule is CC(=O)c1ccc(NC(=O)c2cn(C)c3c(=O)n(-c4ccccc4)c(=O)[nH]c23)cc1. The van der Waals surface area contributed by atoms with E-state index in [4.69, 9.17) is 0 Å². The number of rotatable bonds is 4. The van der Waals surface area contributed by atoms with Crippen molar-refractivity contribution in [3.63, 3.8) is 0 Å². The highest BCUT2D eigenvalue weighted by Crippen LogP contribution is 2.18. The third-order valence-corrected chi connectivity index (χ3v) is 4.83. The highest BCUT2D eigenvalue weighted by molar-refractivity contribution is 6.11. The number of aryl methyl sites for hydroxylation is 1. The van der Waals surface area contributed by atoms with Gasteiger partial charge in [-0.3, -0.25) is 14.4 Å². The van der Waals surface area contributed by atoms with Crippen molar-refractivity contribution in [2.24, 2.45) is 7.05 Å². The molecule has 8 heteroatoms. The number of nitrogens with zero attached hydrogens (tertiary/aromatic N) is 2. The van der Waals surface area contributed by atoms with Crippen molar-refractivity contribution in [1.29, 1.82) is 0 Å². The van der Waals surface area contributed by atoms with Gasteiger partial charge in [-0.1, -0.05) is 18.2 Å². The summed E-state index contributed by atoms with van der Waals surface area (Å²) >= 11 is 0. The van der Waals surface area contributed by atoms with Gasteiger partial charge in [0.1, 0.15) is 5.52 Å². The van der Waals surface area contributed by atoms with Crippen molar-refractivity contribution in [3.8, 4) is 5.69 Å². The van der Waals surface area contributed by atoms with Crippen molar-refractivity contribution >= 4 is 28.4 Å². The Balaban J connectivity index is 1.77. The Bertz CT molecular complexity index is 1390. The molecule has 2 heterocycles. The van der Waals surface area contributed by atoms with Crippen LogP contribution in [0.1, 0.15) is 27.6 Å². The fourth-order valence-corrected chi connectivity index (χ4v) is 3.34. The summed E-state index contributed by atoms with van der Waals surface area (Å²) in [6, 6.07) is 15.0. The molecular weight excluding hydrogens is 384 g/mol. The van der Waals surface area contributed by atoms with Crippen LogP contribution in [-0.2, 0) is 7.05 Å². The predicted octanol–water partition coefficient (Wildman–Crippen LogP) is 2.47. The number of benzene rings is 2. The minimum atomic E-state index is -0.634. The third-order valence-electron chi connectivity index (χ3n) is 4.83. The summed E-state index contributed by atoms with van der Waals surface area (Å²) in [7, 11) is 1.63. The van der Waals surface area contributed by atoms with E-state index in [1.54, 1.807) is 61.6 Å². The number of aromatic nitrogens is 3. The molecule has 150 valence electrons. The number of anilines is 1. The molecule has 0 saturated carbocycles. The van der Waals surface area contributed by atoms with Crippen LogP contribution in [0.2, 0.25) is 0 Å². The van der Waals surface area contributed by atoms with Gasteiger partial charge in [0, 0.05) is 24.5 Å². The first-order valence-corrected chi connectivity index (χ1v) is 9.19. The first-order chi connectivity index (χ1) is 14.4. The average Bonchev–Trinajstić information content (AvgIpc) is 3.05. The molecule has 30 heavy (non-hydrogen) atoms. The Kier molecular flexibility index (Phi) is 4.67. The lowest BCUT2D eigenvalue weighted by Crippen LogP contribution is -2.34. The van der Waals surface area contributed by atoms with Gasteiger partial charge in [-0.25, -0.2) is 9.36 Å². The van der Waals surface area contributed by atoms with E-state index in [9.17, 15) is 19.2 Å². The molecule has 2 N–H and O–H groups in total. The van der Waals surface area contributed by atoms with Gasteiger partial charge in [0.2, 0.25) is 0 Å². The maximum atomic E-state index is 13.0. The Labute approximate surface area is 170 Å². The number of fused-ring (bicyclic) bond motifs is 1. The monoisotopic (exact) mass is 402 g/mol. The number of ketones is 1. The average molecular weight is 402 g/mol. The number of Topliss-reactive ketones (excluding diaryl/α,β-unsaturated/α-hetero) is 1. The minimum Gasteiger partial charge on any atom is -0.344 e. The molecule has 0 aliphatic heterocycles. The van der Waals surface area contributed by atoms with Crippen LogP contribution in [0.3, 0.4) is 0 Å². The maximum Gasteiger partial charge on any atom is 0.333 e. The Morgan fingerprint density at radius 1 is 0.967 bits per heavy atom. The molecule has 4 rings (SSSR count). The normalized spacial score (nSPS) is 10.9. The molecule has 4 aromatic rings. The molecule has 0 aliphatic rings. The smallest absolute Gasteiger partial charge is 0.333 e. The number of nitrogens with one attached hydrogen (secondary N) is 2. The molecular formula is C22H18N4O4. The van der Waals surface area contributed by atoms with E-state index < -0.39 is 17.2 Å². The predicted molar refractivity (Wildman–Crippen MR) is 114 cm³/mol. The Morgan fingerprint density at radius 2 is 1.63 bits per heavy atom. The van der Waals surface area contributed by atoms with Crippen molar-refractivity contribution in [2.45, 2.75) is 6.92 Å². The summed E-state index contributed by atoms with van der Waals surface area (Å²) < 4.78 is 2.55. The number of amides is 1. The van der Waals surface area contributed by atoms with E-state index >= 15 is 0 Å². The number of para-hydroxylation sites is 1. The van der Waals surface area contributed by atoms with Crippen molar-refractivity contribution < 1.29 is 9.59 Å². The summed E-state index contributed by atoms with van der Waals surface area (Å²) in [6.07, 6.45) is 1.50. The summed E-state index contributed by atoms with van der Waals surface area (Å²) in [5, 5.41) is 2.72. The molecule has 0 radical (unpaired) electrons. The lowest BCUT2D eigenvalue weighted by atomic mass is 10.1. The maximum absolute atomic E-state index is 13.0. The number of hydrogen-bond acceptors (Lipinski definition) is 4. The summed E-state index contributed by atoms with van der Waals surface area (Å²) in [6.45, 7) is 1.46.